The maximum absolute atomic E-state index is 14.1. The van der Waals surface area contributed by atoms with Crippen LogP contribution in [0.4, 0.5) is 9.52 Å². The highest BCUT2D eigenvalue weighted by Crippen LogP contribution is 2.44. The SMILES string of the molecule is CCCCOc1cccc(C2C(C(=O)c3ccc(C)o3)=C(O)C(=O)N2c2nnc(SCc3ccccc3F)s2)c1. The molecule has 1 unspecified atom stereocenters. The lowest BCUT2D eigenvalue weighted by atomic mass is 9.95. The van der Waals surface area contributed by atoms with Crippen LogP contribution in [0.25, 0.3) is 0 Å². The summed E-state index contributed by atoms with van der Waals surface area (Å²) < 4.78 is 26.0. The van der Waals surface area contributed by atoms with Crippen molar-refractivity contribution >= 4 is 39.9 Å². The third-order valence-corrected chi connectivity index (χ3v) is 8.37. The fourth-order valence-corrected chi connectivity index (χ4v) is 6.11. The van der Waals surface area contributed by atoms with Gasteiger partial charge in [-0.3, -0.25) is 14.5 Å². The molecule has 5 rings (SSSR count). The van der Waals surface area contributed by atoms with Crippen molar-refractivity contribution in [1.29, 1.82) is 0 Å². The maximum atomic E-state index is 14.1. The number of ether oxygens (including phenoxy) is 1. The van der Waals surface area contributed by atoms with E-state index in [0.717, 1.165) is 24.2 Å². The number of carbonyl (C=O) groups excluding carboxylic acids is 2. The summed E-state index contributed by atoms with van der Waals surface area (Å²) >= 11 is 2.39. The average Bonchev–Trinajstić information content (AvgIpc) is 3.66. The van der Waals surface area contributed by atoms with Crippen molar-refractivity contribution in [2.45, 2.75) is 42.8 Å². The molecule has 206 valence electrons. The quantitative estimate of drug-likeness (QED) is 0.0892. The standard InChI is InChI=1S/C29H26FN3O5S2/c1-3-4-14-37-20-10-7-9-18(15-20)24-23(25(34)22-13-12-17(2)38-22)26(35)27(36)33(24)28-31-32-29(40-28)39-16-19-8-5-6-11-21(19)30/h5-13,15,24,35H,3-4,14,16H2,1-2H3. The van der Waals surface area contributed by atoms with E-state index < -0.39 is 23.5 Å². The minimum Gasteiger partial charge on any atom is -0.503 e. The third-order valence-electron chi connectivity index (χ3n) is 6.27. The molecule has 8 nitrogen and oxygen atoms in total. The highest BCUT2D eigenvalue weighted by atomic mass is 32.2. The van der Waals surface area contributed by atoms with Gasteiger partial charge in [-0.1, -0.05) is 66.8 Å². The molecule has 4 aromatic rings. The molecule has 0 saturated carbocycles. The van der Waals surface area contributed by atoms with Crippen LogP contribution in [0.1, 0.15) is 53.2 Å². The predicted octanol–water partition coefficient (Wildman–Crippen LogP) is 6.83. The summed E-state index contributed by atoms with van der Waals surface area (Å²) in [5.74, 6) is -0.971. The molecule has 1 aliphatic rings. The highest BCUT2D eigenvalue weighted by molar-refractivity contribution is 8.00. The fraction of sp³-hybridized carbons (Fsp3) is 0.241. The van der Waals surface area contributed by atoms with Crippen LogP contribution < -0.4 is 9.64 Å². The zero-order valence-electron chi connectivity index (χ0n) is 21.8. The minimum absolute atomic E-state index is 0.00689. The number of amides is 1. The summed E-state index contributed by atoms with van der Waals surface area (Å²) in [6.07, 6.45) is 1.84. The Morgan fingerprint density at radius 2 is 2.00 bits per heavy atom. The molecular formula is C29H26FN3O5S2. The number of aromatic nitrogens is 2. The summed E-state index contributed by atoms with van der Waals surface area (Å²) in [4.78, 5) is 28.3. The van der Waals surface area contributed by atoms with Gasteiger partial charge in [0.05, 0.1) is 18.2 Å². The second-order valence-corrected chi connectivity index (χ2v) is 11.3. The number of halogens is 1. The lowest BCUT2D eigenvalue weighted by molar-refractivity contribution is -0.117. The number of ketones is 1. The number of aryl methyl sites for hydroxylation is 1. The van der Waals surface area contributed by atoms with Crippen LogP contribution in [0.2, 0.25) is 0 Å². The van der Waals surface area contributed by atoms with Gasteiger partial charge in [0.25, 0.3) is 5.91 Å². The first-order valence-electron chi connectivity index (χ1n) is 12.7. The summed E-state index contributed by atoms with van der Waals surface area (Å²) in [5.41, 5.74) is 0.940. The molecule has 0 bridgehead atoms. The van der Waals surface area contributed by atoms with E-state index in [2.05, 4.69) is 17.1 Å². The monoisotopic (exact) mass is 579 g/mol. The van der Waals surface area contributed by atoms with E-state index in [9.17, 15) is 19.1 Å². The number of Topliss-reactive ketones (excluding diaryl/α,β-unsaturated/α-hetero) is 1. The van der Waals surface area contributed by atoms with Crippen LogP contribution in [0, 0.1) is 12.7 Å². The molecule has 2 aromatic carbocycles. The second kappa shape index (κ2) is 12.1. The van der Waals surface area contributed by atoms with Gasteiger partial charge in [-0.05, 0) is 54.8 Å². The van der Waals surface area contributed by atoms with Crippen LogP contribution in [0.15, 0.2) is 80.8 Å². The smallest absolute Gasteiger partial charge is 0.296 e. The Bertz CT molecular complexity index is 1580. The van der Waals surface area contributed by atoms with Crippen molar-refractivity contribution in [2.24, 2.45) is 0 Å². The van der Waals surface area contributed by atoms with Gasteiger partial charge in [0.1, 0.15) is 17.3 Å². The van der Waals surface area contributed by atoms with Crippen LogP contribution in [0.5, 0.6) is 5.75 Å². The van der Waals surface area contributed by atoms with Crippen molar-refractivity contribution in [3.8, 4) is 5.75 Å². The molecule has 1 aliphatic heterocycles. The number of nitrogens with zero attached hydrogens (tertiary/aromatic N) is 3. The lowest BCUT2D eigenvalue weighted by Crippen LogP contribution is -2.31. The number of thioether (sulfide) groups is 1. The number of hydrogen-bond acceptors (Lipinski definition) is 9. The van der Waals surface area contributed by atoms with Crippen molar-refractivity contribution < 1.29 is 28.2 Å². The molecule has 0 spiro atoms. The van der Waals surface area contributed by atoms with E-state index in [1.807, 2.05) is 0 Å². The summed E-state index contributed by atoms with van der Waals surface area (Å²) in [6.45, 7) is 4.28. The van der Waals surface area contributed by atoms with Gasteiger partial charge >= 0.3 is 0 Å². The number of anilines is 1. The zero-order valence-corrected chi connectivity index (χ0v) is 23.4. The van der Waals surface area contributed by atoms with Crippen molar-refractivity contribution in [1.82, 2.24) is 10.2 Å². The molecule has 1 N–H and O–H groups in total. The number of aliphatic hydroxyl groups excluding tert-OH is 1. The van der Waals surface area contributed by atoms with Gasteiger partial charge < -0.3 is 14.3 Å². The Labute approximate surface area is 238 Å². The number of hydrogen-bond donors (Lipinski definition) is 1. The summed E-state index contributed by atoms with van der Waals surface area (Å²) in [7, 11) is 0. The number of carbonyl (C=O) groups is 2. The Hall–Kier alpha value is -3.96. The van der Waals surface area contributed by atoms with Gasteiger partial charge in [0, 0.05) is 5.75 Å². The topological polar surface area (TPSA) is 106 Å². The molecule has 11 heteroatoms. The molecule has 3 heterocycles. The second-order valence-electron chi connectivity index (χ2n) is 9.08. The molecule has 2 aromatic heterocycles. The largest absolute Gasteiger partial charge is 0.503 e. The number of furan rings is 1. The van der Waals surface area contributed by atoms with Crippen molar-refractivity contribution in [3.63, 3.8) is 0 Å². The van der Waals surface area contributed by atoms with Crippen molar-refractivity contribution in [2.75, 3.05) is 11.5 Å². The van der Waals surface area contributed by atoms with E-state index in [0.29, 0.717) is 39.3 Å². The van der Waals surface area contributed by atoms with E-state index in [4.69, 9.17) is 9.15 Å². The van der Waals surface area contributed by atoms with Crippen LogP contribution >= 0.6 is 23.1 Å². The normalized spacial score (nSPS) is 15.2. The minimum atomic E-state index is -1.00. The van der Waals surface area contributed by atoms with Gasteiger partial charge in [-0.2, -0.15) is 0 Å². The Morgan fingerprint density at radius 3 is 2.75 bits per heavy atom. The first-order chi connectivity index (χ1) is 19.4. The third kappa shape index (κ3) is 5.66. The number of benzene rings is 2. The zero-order chi connectivity index (χ0) is 28.2. The summed E-state index contributed by atoms with van der Waals surface area (Å²) in [5, 5.41) is 19.6. The number of rotatable bonds is 11. The van der Waals surface area contributed by atoms with Gasteiger partial charge in [-0.25, -0.2) is 4.39 Å². The Kier molecular flexibility index (Phi) is 8.32. The highest BCUT2D eigenvalue weighted by Gasteiger charge is 2.46. The first-order valence-corrected chi connectivity index (χ1v) is 14.5. The van der Waals surface area contributed by atoms with Crippen LogP contribution in [0.3, 0.4) is 0 Å². The molecule has 0 fully saturated rings. The molecule has 1 amide bonds. The Balaban J connectivity index is 1.50. The Morgan fingerprint density at radius 1 is 1.18 bits per heavy atom. The van der Waals surface area contributed by atoms with Crippen LogP contribution in [-0.4, -0.2) is 33.6 Å². The fourth-order valence-electron chi connectivity index (χ4n) is 4.26. The molecule has 0 radical (unpaired) electrons. The van der Waals surface area contributed by atoms with E-state index in [-0.39, 0.29) is 22.3 Å². The number of unbranched alkanes of at least 4 members (excludes halogenated alkanes) is 1. The van der Waals surface area contributed by atoms with E-state index >= 15 is 0 Å². The van der Waals surface area contributed by atoms with E-state index in [1.54, 1.807) is 55.5 Å². The molecule has 0 aliphatic carbocycles. The first kappa shape index (κ1) is 27.6. The average molecular weight is 580 g/mol. The van der Waals surface area contributed by atoms with E-state index in [1.165, 1.54) is 28.8 Å². The van der Waals surface area contributed by atoms with Gasteiger partial charge in [0.15, 0.2) is 15.9 Å². The predicted molar refractivity (Wildman–Crippen MR) is 150 cm³/mol. The maximum Gasteiger partial charge on any atom is 0.296 e. The lowest BCUT2D eigenvalue weighted by Gasteiger charge is -2.24. The van der Waals surface area contributed by atoms with Crippen LogP contribution in [-0.2, 0) is 10.5 Å². The molecular weight excluding hydrogens is 553 g/mol. The van der Waals surface area contributed by atoms with Gasteiger partial charge in [-0.15, -0.1) is 10.2 Å². The number of aliphatic hydroxyl groups is 1. The van der Waals surface area contributed by atoms with Crippen molar-refractivity contribution in [3.05, 3.63) is 100 Å². The summed E-state index contributed by atoms with van der Waals surface area (Å²) in [6, 6.07) is 15.7. The van der Waals surface area contributed by atoms with Gasteiger partial charge in [0.2, 0.25) is 10.9 Å². The molecule has 1 atom stereocenters. The molecule has 0 saturated heterocycles. The molecule has 40 heavy (non-hydrogen) atoms.